The number of rotatable bonds is 6. The highest BCUT2D eigenvalue weighted by Crippen LogP contribution is 2.18. The monoisotopic (exact) mass is 434 g/mol. The van der Waals surface area contributed by atoms with Gasteiger partial charge in [0.05, 0.1) is 12.1 Å². The standard InChI is InChI=1S/C18H19BrN4O4/c1-3-4-9-22-14-15(20-17(22)19)21(2)18(27)23(16(14)26)10-13(25)11-7-5-6-8-12(11)24/h5-8,24H,3-4,9-10H2,1-2H3. The Morgan fingerprint density at radius 1 is 1.22 bits per heavy atom. The van der Waals surface area contributed by atoms with Crippen molar-refractivity contribution in [3.8, 4) is 5.75 Å². The Morgan fingerprint density at radius 3 is 2.59 bits per heavy atom. The van der Waals surface area contributed by atoms with Crippen LogP contribution in [-0.4, -0.2) is 29.6 Å². The molecule has 8 nitrogen and oxygen atoms in total. The van der Waals surface area contributed by atoms with E-state index in [0.29, 0.717) is 11.3 Å². The molecule has 142 valence electrons. The summed E-state index contributed by atoms with van der Waals surface area (Å²) in [6, 6.07) is 6.03. The number of Topliss-reactive ketones (excluding diaryl/α,β-unsaturated/α-hetero) is 1. The molecule has 2 heterocycles. The first-order valence-electron chi connectivity index (χ1n) is 8.53. The number of halogens is 1. The molecule has 0 saturated carbocycles. The molecule has 9 heteroatoms. The molecular weight excluding hydrogens is 416 g/mol. The molecule has 1 aromatic carbocycles. The lowest BCUT2D eigenvalue weighted by atomic mass is 10.1. The van der Waals surface area contributed by atoms with Gasteiger partial charge in [-0.2, -0.15) is 0 Å². The zero-order valence-electron chi connectivity index (χ0n) is 15.0. The predicted octanol–water partition coefficient (Wildman–Crippen LogP) is 2.05. The number of phenolic OH excluding ortho intramolecular Hbond substituents is 1. The second-order valence-corrected chi connectivity index (χ2v) is 6.94. The number of para-hydroxylation sites is 1. The number of nitrogens with zero attached hydrogens (tertiary/aromatic N) is 4. The highest BCUT2D eigenvalue weighted by atomic mass is 79.9. The van der Waals surface area contributed by atoms with E-state index in [4.69, 9.17) is 0 Å². The molecule has 3 aromatic rings. The van der Waals surface area contributed by atoms with Gasteiger partial charge in [-0.25, -0.2) is 9.78 Å². The molecule has 0 bridgehead atoms. The number of hydrogen-bond acceptors (Lipinski definition) is 5. The average Bonchev–Trinajstić information content (AvgIpc) is 2.98. The molecule has 0 spiro atoms. The summed E-state index contributed by atoms with van der Waals surface area (Å²) in [5.74, 6) is -0.713. The molecule has 0 radical (unpaired) electrons. The van der Waals surface area contributed by atoms with Gasteiger partial charge in [-0.15, -0.1) is 0 Å². The summed E-state index contributed by atoms with van der Waals surface area (Å²) in [7, 11) is 1.51. The van der Waals surface area contributed by atoms with Gasteiger partial charge in [-0.05, 0) is 34.5 Å². The van der Waals surface area contributed by atoms with Gasteiger partial charge in [0.2, 0.25) is 0 Å². The average molecular weight is 435 g/mol. The summed E-state index contributed by atoms with van der Waals surface area (Å²) >= 11 is 3.34. The van der Waals surface area contributed by atoms with Crippen molar-refractivity contribution in [2.75, 3.05) is 0 Å². The van der Waals surface area contributed by atoms with E-state index in [1.807, 2.05) is 6.92 Å². The van der Waals surface area contributed by atoms with E-state index >= 15 is 0 Å². The van der Waals surface area contributed by atoms with Gasteiger partial charge >= 0.3 is 5.69 Å². The predicted molar refractivity (Wildman–Crippen MR) is 104 cm³/mol. The number of carbonyl (C=O) groups is 1. The van der Waals surface area contributed by atoms with Gasteiger partial charge in [0, 0.05) is 13.6 Å². The van der Waals surface area contributed by atoms with Crippen molar-refractivity contribution < 1.29 is 9.90 Å². The maximum Gasteiger partial charge on any atom is 0.332 e. The summed E-state index contributed by atoms with van der Waals surface area (Å²) in [5, 5.41) is 9.86. The minimum Gasteiger partial charge on any atom is -0.507 e. The lowest BCUT2D eigenvalue weighted by Crippen LogP contribution is -2.41. The van der Waals surface area contributed by atoms with Gasteiger partial charge in [0.15, 0.2) is 21.7 Å². The summed E-state index contributed by atoms with van der Waals surface area (Å²) < 4.78 is 4.31. The zero-order chi connectivity index (χ0) is 19.7. The molecule has 0 aliphatic carbocycles. The van der Waals surface area contributed by atoms with Crippen molar-refractivity contribution in [2.24, 2.45) is 7.05 Å². The summed E-state index contributed by atoms with van der Waals surface area (Å²) in [4.78, 5) is 42.5. The first-order valence-corrected chi connectivity index (χ1v) is 9.32. The minimum atomic E-state index is -0.635. The number of unbranched alkanes of at least 4 members (excludes halogenated alkanes) is 1. The van der Waals surface area contributed by atoms with Crippen LogP contribution in [0.4, 0.5) is 0 Å². The Balaban J connectivity index is 2.16. The molecule has 0 amide bonds. The van der Waals surface area contributed by atoms with Gasteiger partial charge in [-0.1, -0.05) is 25.5 Å². The van der Waals surface area contributed by atoms with E-state index in [1.54, 1.807) is 16.7 Å². The van der Waals surface area contributed by atoms with Crippen LogP contribution in [0.25, 0.3) is 11.2 Å². The number of aromatic hydroxyl groups is 1. The quantitative estimate of drug-likeness (QED) is 0.472. The number of aromatic nitrogens is 4. The van der Waals surface area contributed by atoms with Crippen LogP contribution in [0, 0.1) is 0 Å². The van der Waals surface area contributed by atoms with Crippen LogP contribution in [0.1, 0.15) is 30.1 Å². The molecular formula is C18H19BrN4O4. The number of hydrogen-bond donors (Lipinski definition) is 1. The van der Waals surface area contributed by atoms with Crippen LogP contribution in [0.15, 0.2) is 38.6 Å². The van der Waals surface area contributed by atoms with Gasteiger partial charge < -0.3 is 9.67 Å². The second kappa shape index (κ2) is 7.51. The third kappa shape index (κ3) is 3.34. The number of aryl methyl sites for hydroxylation is 2. The van der Waals surface area contributed by atoms with Crippen molar-refractivity contribution in [1.29, 1.82) is 0 Å². The Bertz CT molecular complexity index is 1140. The number of imidazole rings is 1. The third-order valence-electron chi connectivity index (χ3n) is 4.43. The number of ketones is 1. The van der Waals surface area contributed by atoms with E-state index in [2.05, 4.69) is 20.9 Å². The summed E-state index contributed by atoms with van der Waals surface area (Å²) in [6.07, 6.45) is 1.76. The van der Waals surface area contributed by atoms with Gasteiger partial charge in [-0.3, -0.25) is 18.7 Å². The maximum atomic E-state index is 13.0. The van der Waals surface area contributed by atoms with Crippen molar-refractivity contribution in [2.45, 2.75) is 32.9 Å². The van der Waals surface area contributed by atoms with Crippen LogP contribution >= 0.6 is 15.9 Å². The maximum absolute atomic E-state index is 13.0. The van der Waals surface area contributed by atoms with Crippen LogP contribution in [-0.2, 0) is 20.1 Å². The number of benzene rings is 1. The first kappa shape index (κ1) is 19.1. The van der Waals surface area contributed by atoms with E-state index in [1.165, 1.54) is 23.7 Å². The van der Waals surface area contributed by atoms with Gasteiger partial charge in [0.1, 0.15) is 5.75 Å². The smallest absolute Gasteiger partial charge is 0.332 e. The Morgan fingerprint density at radius 2 is 1.93 bits per heavy atom. The topological polar surface area (TPSA) is 99.1 Å². The summed E-state index contributed by atoms with van der Waals surface area (Å²) in [5.41, 5.74) is -0.621. The van der Waals surface area contributed by atoms with Crippen molar-refractivity contribution in [3.05, 3.63) is 55.4 Å². The van der Waals surface area contributed by atoms with E-state index in [-0.39, 0.29) is 22.5 Å². The molecule has 0 aliphatic rings. The highest BCUT2D eigenvalue weighted by Gasteiger charge is 2.21. The van der Waals surface area contributed by atoms with Crippen LogP contribution < -0.4 is 11.2 Å². The first-order chi connectivity index (χ1) is 12.9. The number of fused-ring (bicyclic) bond motifs is 1. The fourth-order valence-corrected chi connectivity index (χ4v) is 3.47. The van der Waals surface area contributed by atoms with Crippen LogP contribution in [0.5, 0.6) is 5.75 Å². The molecule has 1 N–H and O–H groups in total. The highest BCUT2D eigenvalue weighted by molar-refractivity contribution is 9.10. The van der Waals surface area contributed by atoms with E-state index < -0.39 is 23.6 Å². The lowest BCUT2D eigenvalue weighted by Gasteiger charge is -2.10. The Hall–Kier alpha value is -2.68. The molecule has 2 aromatic heterocycles. The fraction of sp³-hybridized carbons (Fsp3) is 0.333. The number of phenols is 1. The summed E-state index contributed by atoms with van der Waals surface area (Å²) in [6.45, 7) is 2.14. The van der Waals surface area contributed by atoms with Gasteiger partial charge in [0.25, 0.3) is 5.56 Å². The molecule has 3 rings (SSSR count). The Labute approximate surface area is 162 Å². The van der Waals surface area contributed by atoms with Crippen molar-refractivity contribution >= 4 is 32.9 Å². The minimum absolute atomic E-state index is 0.0622. The molecule has 0 unspecified atom stereocenters. The SMILES string of the molecule is CCCCn1c(Br)nc2c1c(=O)n(CC(=O)c1ccccc1O)c(=O)n2C. The normalized spacial score (nSPS) is 11.2. The van der Waals surface area contributed by atoms with Crippen molar-refractivity contribution in [1.82, 2.24) is 18.7 Å². The van der Waals surface area contributed by atoms with Crippen molar-refractivity contribution in [3.63, 3.8) is 0 Å². The van der Waals surface area contributed by atoms with E-state index in [0.717, 1.165) is 17.4 Å². The molecule has 27 heavy (non-hydrogen) atoms. The molecule has 0 fully saturated rings. The largest absolute Gasteiger partial charge is 0.507 e. The number of carbonyl (C=O) groups excluding carboxylic acids is 1. The molecule has 0 atom stereocenters. The third-order valence-corrected chi connectivity index (χ3v) is 5.03. The lowest BCUT2D eigenvalue weighted by molar-refractivity contribution is 0.0966. The molecule has 0 aliphatic heterocycles. The second-order valence-electron chi connectivity index (χ2n) is 6.23. The molecule has 0 saturated heterocycles. The van der Waals surface area contributed by atoms with E-state index in [9.17, 15) is 19.5 Å². The zero-order valence-corrected chi connectivity index (χ0v) is 16.6. The fourth-order valence-electron chi connectivity index (χ4n) is 2.94. The Kier molecular flexibility index (Phi) is 5.31. The van der Waals surface area contributed by atoms with Crippen LogP contribution in [0.3, 0.4) is 0 Å². The van der Waals surface area contributed by atoms with Crippen LogP contribution in [0.2, 0.25) is 0 Å².